The predicted molar refractivity (Wildman–Crippen MR) is 100 cm³/mol. The molecule has 1 aliphatic rings. The molecule has 0 atom stereocenters. The monoisotopic (exact) mass is 344 g/mol. The predicted octanol–water partition coefficient (Wildman–Crippen LogP) is 4.32. The van der Waals surface area contributed by atoms with Gasteiger partial charge in [-0.2, -0.15) is 0 Å². The molecule has 0 unspecified atom stereocenters. The average molecular weight is 344 g/mol. The molecule has 0 aliphatic carbocycles. The van der Waals surface area contributed by atoms with Gasteiger partial charge in [0.25, 0.3) is 11.8 Å². The van der Waals surface area contributed by atoms with Gasteiger partial charge in [0.15, 0.2) is 5.75 Å². The molecule has 3 aromatic rings. The largest absolute Gasteiger partial charge is 0.454 e. The fourth-order valence-corrected chi connectivity index (χ4v) is 2.88. The molecule has 2 amide bonds. The molecule has 1 heterocycles. The number of para-hydroxylation sites is 1. The third kappa shape index (κ3) is 2.80. The summed E-state index contributed by atoms with van der Waals surface area (Å²) >= 11 is 0. The van der Waals surface area contributed by atoms with E-state index >= 15 is 0 Å². The van der Waals surface area contributed by atoms with E-state index in [0.29, 0.717) is 34.0 Å². The number of benzene rings is 3. The summed E-state index contributed by atoms with van der Waals surface area (Å²) in [4.78, 5) is 26.5. The molecule has 4 rings (SSSR count). The molecule has 3 aromatic carbocycles. The van der Waals surface area contributed by atoms with Crippen LogP contribution < -0.4 is 15.0 Å². The Labute approximate surface area is 150 Å². The second-order valence-electron chi connectivity index (χ2n) is 5.97. The van der Waals surface area contributed by atoms with Crippen LogP contribution in [-0.2, 0) is 0 Å². The molecule has 0 saturated heterocycles. The Morgan fingerprint density at radius 2 is 1.65 bits per heavy atom. The van der Waals surface area contributed by atoms with Crippen LogP contribution >= 0.6 is 0 Å². The average Bonchev–Trinajstić information content (AvgIpc) is 2.78. The van der Waals surface area contributed by atoms with Crippen molar-refractivity contribution in [3.8, 4) is 11.5 Å². The second kappa shape index (κ2) is 6.37. The quantitative estimate of drug-likeness (QED) is 0.753. The van der Waals surface area contributed by atoms with Crippen LogP contribution in [0.25, 0.3) is 0 Å². The number of fused-ring (bicyclic) bond motifs is 2. The van der Waals surface area contributed by atoms with Gasteiger partial charge in [-0.3, -0.25) is 9.59 Å². The molecule has 128 valence electrons. The van der Waals surface area contributed by atoms with E-state index in [1.165, 1.54) is 0 Å². The van der Waals surface area contributed by atoms with Crippen molar-refractivity contribution in [2.45, 2.75) is 0 Å². The van der Waals surface area contributed by atoms with Crippen LogP contribution in [0.5, 0.6) is 11.5 Å². The van der Waals surface area contributed by atoms with E-state index in [1.54, 1.807) is 60.5 Å². The molecule has 5 heteroatoms. The molecule has 5 nitrogen and oxygen atoms in total. The summed E-state index contributed by atoms with van der Waals surface area (Å²) in [7, 11) is 1.70. The summed E-state index contributed by atoms with van der Waals surface area (Å²) < 4.78 is 5.96. The number of carbonyl (C=O) groups excluding carboxylic acids is 2. The first-order valence-electron chi connectivity index (χ1n) is 8.19. The summed E-state index contributed by atoms with van der Waals surface area (Å²) in [5.41, 5.74) is 2.31. The van der Waals surface area contributed by atoms with E-state index in [9.17, 15) is 9.59 Å². The van der Waals surface area contributed by atoms with Crippen molar-refractivity contribution in [2.75, 3.05) is 17.3 Å². The zero-order valence-electron chi connectivity index (χ0n) is 14.1. The molecule has 1 N–H and O–H groups in total. The summed E-state index contributed by atoms with van der Waals surface area (Å²) in [6, 6.07) is 21.3. The third-order valence-corrected chi connectivity index (χ3v) is 4.26. The molecule has 26 heavy (non-hydrogen) atoms. The highest BCUT2D eigenvalue weighted by Crippen LogP contribution is 2.39. The van der Waals surface area contributed by atoms with Crippen LogP contribution in [0.1, 0.15) is 20.7 Å². The third-order valence-electron chi connectivity index (χ3n) is 4.26. The van der Waals surface area contributed by atoms with E-state index in [0.717, 1.165) is 0 Å². The molecular weight excluding hydrogens is 328 g/mol. The number of hydrogen-bond acceptors (Lipinski definition) is 3. The summed E-state index contributed by atoms with van der Waals surface area (Å²) in [5, 5.41) is 2.86. The second-order valence-corrected chi connectivity index (χ2v) is 5.97. The number of anilines is 2. The van der Waals surface area contributed by atoms with E-state index in [4.69, 9.17) is 4.74 Å². The molecule has 1 aliphatic heterocycles. The lowest BCUT2D eigenvalue weighted by Gasteiger charge is -2.17. The highest BCUT2D eigenvalue weighted by Gasteiger charge is 2.25. The summed E-state index contributed by atoms with van der Waals surface area (Å²) in [5.74, 6) is 0.663. The van der Waals surface area contributed by atoms with Crippen molar-refractivity contribution in [1.82, 2.24) is 0 Å². The maximum absolute atomic E-state index is 12.6. The molecule has 0 bridgehead atoms. The lowest BCUT2D eigenvalue weighted by molar-refractivity contribution is 0.0991. The van der Waals surface area contributed by atoms with E-state index in [-0.39, 0.29) is 11.8 Å². The summed E-state index contributed by atoms with van der Waals surface area (Å²) in [6.07, 6.45) is 0. The normalized spacial score (nSPS) is 12.5. The van der Waals surface area contributed by atoms with Crippen LogP contribution in [0, 0.1) is 0 Å². The van der Waals surface area contributed by atoms with Gasteiger partial charge in [0.2, 0.25) is 0 Å². The Bertz CT molecular complexity index is 999. The lowest BCUT2D eigenvalue weighted by atomic mass is 10.1. The minimum Gasteiger partial charge on any atom is -0.454 e. The lowest BCUT2D eigenvalue weighted by Crippen LogP contribution is -2.25. The van der Waals surface area contributed by atoms with E-state index in [2.05, 4.69) is 5.32 Å². The zero-order chi connectivity index (χ0) is 18.1. The van der Waals surface area contributed by atoms with Gasteiger partial charge in [-0.05, 0) is 36.4 Å². The van der Waals surface area contributed by atoms with Gasteiger partial charge < -0.3 is 15.0 Å². The first-order valence-corrected chi connectivity index (χ1v) is 8.19. The number of nitrogens with one attached hydrogen (secondary N) is 1. The first-order chi connectivity index (χ1) is 12.6. The Morgan fingerprint density at radius 1 is 0.923 bits per heavy atom. The zero-order valence-corrected chi connectivity index (χ0v) is 14.1. The molecule has 0 spiro atoms. The van der Waals surface area contributed by atoms with Crippen molar-refractivity contribution >= 4 is 23.2 Å². The molecule has 0 saturated carbocycles. The van der Waals surface area contributed by atoms with Crippen LogP contribution in [0.3, 0.4) is 0 Å². The number of rotatable bonds is 2. The minimum absolute atomic E-state index is 0.138. The van der Waals surface area contributed by atoms with Gasteiger partial charge in [-0.1, -0.05) is 30.3 Å². The summed E-state index contributed by atoms with van der Waals surface area (Å²) in [6.45, 7) is 0. The van der Waals surface area contributed by atoms with E-state index in [1.807, 2.05) is 24.3 Å². The molecule has 0 fully saturated rings. The standard InChI is InChI=1S/C21H16N2O3/c1-23-17-12-11-15(22-20(24)14-7-3-2-4-8-14)13-19(17)26-18-10-6-5-9-16(18)21(23)25/h2-13H,1H3,(H,22,24). The highest BCUT2D eigenvalue weighted by atomic mass is 16.5. The van der Waals surface area contributed by atoms with Crippen LogP contribution in [0.15, 0.2) is 72.8 Å². The smallest absolute Gasteiger partial charge is 0.261 e. The number of carbonyl (C=O) groups is 2. The van der Waals surface area contributed by atoms with Gasteiger partial charge in [-0.15, -0.1) is 0 Å². The minimum atomic E-state index is -0.205. The van der Waals surface area contributed by atoms with Gasteiger partial charge in [0.05, 0.1) is 11.3 Å². The van der Waals surface area contributed by atoms with Crippen LogP contribution in [-0.4, -0.2) is 18.9 Å². The van der Waals surface area contributed by atoms with Crippen molar-refractivity contribution in [3.63, 3.8) is 0 Å². The topological polar surface area (TPSA) is 58.6 Å². The fourth-order valence-electron chi connectivity index (χ4n) is 2.88. The number of hydrogen-bond donors (Lipinski definition) is 1. The number of ether oxygens (including phenoxy) is 1. The SMILES string of the molecule is CN1C(=O)c2ccccc2Oc2cc(NC(=O)c3ccccc3)ccc21. The maximum Gasteiger partial charge on any atom is 0.261 e. The van der Waals surface area contributed by atoms with Crippen molar-refractivity contribution in [2.24, 2.45) is 0 Å². The van der Waals surface area contributed by atoms with Gasteiger partial charge in [0, 0.05) is 24.4 Å². The highest BCUT2D eigenvalue weighted by molar-refractivity contribution is 6.10. The van der Waals surface area contributed by atoms with Gasteiger partial charge in [0.1, 0.15) is 5.75 Å². The number of nitrogens with zero attached hydrogens (tertiary/aromatic N) is 1. The Balaban J connectivity index is 1.68. The van der Waals surface area contributed by atoms with Crippen LogP contribution in [0.4, 0.5) is 11.4 Å². The van der Waals surface area contributed by atoms with Gasteiger partial charge >= 0.3 is 0 Å². The molecule has 0 radical (unpaired) electrons. The van der Waals surface area contributed by atoms with Crippen molar-refractivity contribution in [3.05, 3.63) is 83.9 Å². The maximum atomic E-state index is 12.6. The van der Waals surface area contributed by atoms with Crippen molar-refractivity contribution < 1.29 is 14.3 Å². The van der Waals surface area contributed by atoms with Crippen molar-refractivity contribution in [1.29, 1.82) is 0 Å². The van der Waals surface area contributed by atoms with Crippen LogP contribution in [0.2, 0.25) is 0 Å². The van der Waals surface area contributed by atoms with E-state index < -0.39 is 0 Å². The Hall–Kier alpha value is -3.60. The molecule has 0 aromatic heterocycles. The Morgan fingerprint density at radius 3 is 2.46 bits per heavy atom. The fraction of sp³-hybridized carbons (Fsp3) is 0.0476. The van der Waals surface area contributed by atoms with Gasteiger partial charge in [-0.25, -0.2) is 0 Å². The Kier molecular flexibility index (Phi) is 3.89. The molecular formula is C21H16N2O3. The number of amides is 2. The first kappa shape index (κ1) is 15.9.